The Kier molecular flexibility index (Phi) is 8.06. The molecule has 0 amide bonds. The van der Waals surface area contributed by atoms with E-state index in [9.17, 15) is 14.4 Å². The summed E-state index contributed by atoms with van der Waals surface area (Å²) < 4.78 is 9.92. The second-order valence-corrected chi connectivity index (χ2v) is 4.75. The molecule has 0 aromatic heterocycles. The van der Waals surface area contributed by atoms with Crippen LogP contribution in [0.25, 0.3) is 0 Å². The number of piperidine rings is 1. The number of Topliss-reactive ketones (excluding diaryl/α,β-unsaturated/α-hetero) is 1. The fraction of sp³-hybridized carbons (Fsp3) is 0.786. The van der Waals surface area contributed by atoms with E-state index in [1.54, 1.807) is 6.92 Å². The van der Waals surface area contributed by atoms with E-state index >= 15 is 0 Å². The molecular formula is C14H23NO5. The van der Waals surface area contributed by atoms with Crippen molar-refractivity contribution < 1.29 is 23.9 Å². The Hall–Kier alpha value is -1.27. The monoisotopic (exact) mass is 285 g/mol. The minimum Gasteiger partial charge on any atom is -0.464 e. The van der Waals surface area contributed by atoms with Crippen LogP contribution < -0.4 is 0 Å². The molecule has 0 saturated carbocycles. The highest BCUT2D eigenvalue weighted by atomic mass is 16.6. The van der Waals surface area contributed by atoms with Gasteiger partial charge in [-0.15, -0.1) is 0 Å². The van der Waals surface area contributed by atoms with Crippen molar-refractivity contribution in [3.05, 3.63) is 0 Å². The van der Waals surface area contributed by atoms with Gasteiger partial charge in [0.25, 0.3) is 0 Å². The Morgan fingerprint density at radius 1 is 1.45 bits per heavy atom. The predicted molar refractivity (Wildman–Crippen MR) is 72.4 cm³/mol. The molecular weight excluding hydrogens is 262 g/mol. The molecule has 1 aliphatic rings. The molecule has 114 valence electrons. The van der Waals surface area contributed by atoms with Gasteiger partial charge in [0.05, 0.1) is 6.61 Å². The van der Waals surface area contributed by atoms with Crippen molar-refractivity contribution >= 4 is 18.0 Å². The zero-order chi connectivity index (χ0) is 14.8. The molecule has 0 aromatic carbocycles. The SMILES string of the molecule is CCOC(=O)COCCCCN1CCCC(=O)C1C=O. The first-order valence-corrected chi connectivity index (χ1v) is 7.14. The molecule has 1 heterocycles. The number of hydrogen-bond donors (Lipinski definition) is 0. The van der Waals surface area contributed by atoms with Gasteiger partial charge in [0, 0.05) is 13.0 Å². The number of ether oxygens (including phenoxy) is 2. The van der Waals surface area contributed by atoms with E-state index in [1.165, 1.54) is 0 Å². The van der Waals surface area contributed by atoms with Crippen molar-refractivity contribution in [2.45, 2.75) is 38.6 Å². The molecule has 1 saturated heterocycles. The van der Waals surface area contributed by atoms with Crippen molar-refractivity contribution in [3.8, 4) is 0 Å². The summed E-state index contributed by atoms with van der Waals surface area (Å²) in [6.07, 6.45) is 3.68. The smallest absolute Gasteiger partial charge is 0.332 e. The van der Waals surface area contributed by atoms with Gasteiger partial charge in [-0.2, -0.15) is 0 Å². The second-order valence-electron chi connectivity index (χ2n) is 4.75. The van der Waals surface area contributed by atoms with E-state index in [2.05, 4.69) is 0 Å². The first-order valence-electron chi connectivity index (χ1n) is 7.14. The van der Waals surface area contributed by atoms with E-state index in [0.29, 0.717) is 26.2 Å². The molecule has 6 nitrogen and oxygen atoms in total. The molecule has 1 unspecified atom stereocenters. The zero-order valence-corrected chi connectivity index (χ0v) is 12.0. The van der Waals surface area contributed by atoms with Crippen LogP contribution in [0.1, 0.15) is 32.6 Å². The Bertz CT molecular complexity index is 332. The van der Waals surface area contributed by atoms with Crippen LogP contribution in [0.4, 0.5) is 0 Å². The lowest BCUT2D eigenvalue weighted by atomic mass is 10.0. The highest BCUT2D eigenvalue weighted by Gasteiger charge is 2.28. The number of likely N-dealkylation sites (tertiary alicyclic amines) is 1. The van der Waals surface area contributed by atoms with Gasteiger partial charge in [-0.3, -0.25) is 9.69 Å². The fourth-order valence-corrected chi connectivity index (χ4v) is 2.24. The van der Waals surface area contributed by atoms with Crippen LogP contribution in [0.2, 0.25) is 0 Å². The molecule has 1 atom stereocenters. The van der Waals surface area contributed by atoms with E-state index in [-0.39, 0.29) is 18.4 Å². The van der Waals surface area contributed by atoms with Gasteiger partial charge in [-0.05, 0) is 39.3 Å². The van der Waals surface area contributed by atoms with Crippen LogP contribution in [0.15, 0.2) is 0 Å². The van der Waals surface area contributed by atoms with Gasteiger partial charge in [0.15, 0.2) is 5.78 Å². The summed E-state index contributed by atoms with van der Waals surface area (Å²) in [5.41, 5.74) is 0. The summed E-state index contributed by atoms with van der Waals surface area (Å²) in [5, 5.41) is 0. The van der Waals surface area contributed by atoms with Gasteiger partial charge in [0.1, 0.15) is 18.9 Å². The lowest BCUT2D eigenvalue weighted by Crippen LogP contribution is -2.47. The number of aldehydes is 1. The number of nitrogens with zero attached hydrogens (tertiary/aromatic N) is 1. The summed E-state index contributed by atoms with van der Waals surface area (Å²) in [4.78, 5) is 35.4. The molecule has 0 bridgehead atoms. The molecule has 0 aromatic rings. The summed E-state index contributed by atoms with van der Waals surface area (Å²) in [6.45, 7) is 4.07. The molecule has 1 rings (SSSR count). The molecule has 0 aliphatic carbocycles. The van der Waals surface area contributed by atoms with Crippen LogP contribution in [-0.4, -0.2) is 61.9 Å². The summed E-state index contributed by atoms with van der Waals surface area (Å²) in [5.74, 6) is -0.333. The zero-order valence-electron chi connectivity index (χ0n) is 12.0. The quantitative estimate of drug-likeness (QED) is 0.267. The minimum atomic E-state index is -0.566. The molecule has 1 fully saturated rings. The molecule has 0 radical (unpaired) electrons. The lowest BCUT2D eigenvalue weighted by molar-refractivity contribution is -0.148. The van der Waals surface area contributed by atoms with E-state index < -0.39 is 6.04 Å². The Morgan fingerprint density at radius 3 is 2.95 bits per heavy atom. The predicted octanol–water partition coefficient (Wildman–Crippen LogP) is 0.579. The average Bonchev–Trinajstić information content (AvgIpc) is 2.43. The van der Waals surface area contributed by atoms with Crippen molar-refractivity contribution in [2.24, 2.45) is 0 Å². The van der Waals surface area contributed by atoms with Crippen LogP contribution >= 0.6 is 0 Å². The molecule has 0 spiro atoms. The van der Waals surface area contributed by atoms with Gasteiger partial charge < -0.3 is 14.3 Å². The highest BCUT2D eigenvalue weighted by molar-refractivity contribution is 5.97. The van der Waals surface area contributed by atoms with Gasteiger partial charge in [0.2, 0.25) is 0 Å². The Balaban J connectivity index is 2.10. The average molecular weight is 285 g/mol. The number of hydrogen-bond acceptors (Lipinski definition) is 6. The highest BCUT2D eigenvalue weighted by Crippen LogP contribution is 2.13. The normalized spacial score (nSPS) is 19.9. The van der Waals surface area contributed by atoms with Crippen LogP contribution in [0.3, 0.4) is 0 Å². The topological polar surface area (TPSA) is 72.9 Å². The lowest BCUT2D eigenvalue weighted by Gasteiger charge is -2.30. The number of carbonyl (C=O) groups is 3. The fourth-order valence-electron chi connectivity index (χ4n) is 2.24. The van der Waals surface area contributed by atoms with E-state index in [0.717, 1.165) is 32.1 Å². The number of unbranched alkanes of at least 4 members (excludes halogenated alkanes) is 1. The maximum atomic E-state index is 11.6. The summed E-state index contributed by atoms with van der Waals surface area (Å²) in [6, 6.07) is -0.566. The van der Waals surface area contributed by atoms with Crippen LogP contribution in [-0.2, 0) is 23.9 Å². The third-order valence-corrected chi connectivity index (χ3v) is 3.23. The van der Waals surface area contributed by atoms with E-state index in [1.807, 2.05) is 4.90 Å². The number of rotatable bonds is 9. The van der Waals surface area contributed by atoms with Gasteiger partial charge in [-0.1, -0.05) is 0 Å². The first kappa shape index (κ1) is 16.8. The third-order valence-electron chi connectivity index (χ3n) is 3.23. The van der Waals surface area contributed by atoms with Gasteiger partial charge >= 0.3 is 5.97 Å². The minimum absolute atomic E-state index is 0.0183. The maximum Gasteiger partial charge on any atom is 0.332 e. The maximum absolute atomic E-state index is 11.6. The molecule has 20 heavy (non-hydrogen) atoms. The van der Waals surface area contributed by atoms with Crippen molar-refractivity contribution in [1.29, 1.82) is 0 Å². The first-order chi connectivity index (χ1) is 9.69. The standard InChI is InChI=1S/C14H23NO5/c1-2-20-14(18)11-19-9-4-3-7-15-8-5-6-13(17)12(15)10-16/h10,12H,2-9,11H2,1H3. The number of carbonyl (C=O) groups excluding carboxylic acids is 3. The van der Waals surface area contributed by atoms with Crippen LogP contribution in [0, 0.1) is 0 Å². The molecule has 1 aliphatic heterocycles. The number of ketones is 1. The van der Waals surface area contributed by atoms with Crippen molar-refractivity contribution in [2.75, 3.05) is 32.9 Å². The van der Waals surface area contributed by atoms with E-state index in [4.69, 9.17) is 9.47 Å². The molecule has 6 heteroatoms. The molecule has 0 N–H and O–H groups in total. The van der Waals surface area contributed by atoms with Crippen LogP contribution in [0.5, 0.6) is 0 Å². The number of esters is 1. The summed E-state index contributed by atoms with van der Waals surface area (Å²) >= 11 is 0. The summed E-state index contributed by atoms with van der Waals surface area (Å²) in [7, 11) is 0. The van der Waals surface area contributed by atoms with Crippen molar-refractivity contribution in [1.82, 2.24) is 4.90 Å². The Morgan fingerprint density at radius 2 is 2.25 bits per heavy atom. The Labute approximate surface area is 119 Å². The largest absolute Gasteiger partial charge is 0.464 e. The second kappa shape index (κ2) is 9.61. The van der Waals surface area contributed by atoms with Crippen molar-refractivity contribution in [3.63, 3.8) is 0 Å². The van der Waals surface area contributed by atoms with Gasteiger partial charge in [-0.25, -0.2) is 4.79 Å². The third kappa shape index (κ3) is 5.79.